The molecule has 0 atom stereocenters. The first-order valence-corrected chi connectivity index (χ1v) is 8.67. The minimum absolute atomic E-state index is 0.0123. The summed E-state index contributed by atoms with van der Waals surface area (Å²) in [5.74, 6) is -0.154. The van der Waals surface area contributed by atoms with Gasteiger partial charge in [0, 0.05) is 44.0 Å². The molecule has 1 amide bonds. The van der Waals surface area contributed by atoms with E-state index in [1.54, 1.807) is 17.0 Å². The third-order valence-corrected chi connectivity index (χ3v) is 4.67. The standard InChI is InChI=1S/C19H18F3N3O3/c20-19(21,22)15-6-4-14(5-7-15)12-18(26)24-10-8-23(9-11-24)16-2-1-3-17(13-16)25(27)28/h1-7,13H,8-12H2. The van der Waals surface area contributed by atoms with Crippen molar-refractivity contribution >= 4 is 17.3 Å². The number of hydrogen-bond donors (Lipinski definition) is 0. The SMILES string of the molecule is O=C(Cc1ccc(C(F)(F)F)cc1)N1CCN(c2cccc([N+](=O)[O-])c2)CC1. The molecular formula is C19H18F3N3O3. The summed E-state index contributed by atoms with van der Waals surface area (Å²) in [6.45, 7) is 1.95. The molecular weight excluding hydrogens is 375 g/mol. The lowest BCUT2D eigenvalue weighted by atomic mass is 10.1. The van der Waals surface area contributed by atoms with E-state index in [1.165, 1.54) is 24.3 Å². The summed E-state index contributed by atoms with van der Waals surface area (Å²) in [7, 11) is 0. The molecule has 1 aliphatic heterocycles. The highest BCUT2D eigenvalue weighted by atomic mass is 19.4. The number of rotatable bonds is 4. The Balaban J connectivity index is 1.56. The number of non-ortho nitro benzene ring substituents is 1. The summed E-state index contributed by atoms with van der Waals surface area (Å²) in [5, 5.41) is 10.9. The van der Waals surface area contributed by atoms with Crippen molar-refractivity contribution in [1.82, 2.24) is 4.90 Å². The van der Waals surface area contributed by atoms with Gasteiger partial charge in [0.1, 0.15) is 0 Å². The van der Waals surface area contributed by atoms with Gasteiger partial charge in [0.05, 0.1) is 16.9 Å². The normalized spacial score (nSPS) is 14.8. The minimum Gasteiger partial charge on any atom is -0.368 e. The topological polar surface area (TPSA) is 66.7 Å². The first-order chi connectivity index (χ1) is 13.2. The van der Waals surface area contributed by atoms with Gasteiger partial charge in [0.15, 0.2) is 0 Å². The number of carbonyl (C=O) groups is 1. The number of hydrogen-bond acceptors (Lipinski definition) is 4. The summed E-state index contributed by atoms with van der Waals surface area (Å²) in [4.78, 5) is 26.5. The molecule has 0 aromatic heterocycles. The van der Waals surface area contributed by atoms with Crippen molar-refractivity contribution in [1.29, 1.82) is 0 Å². The molecule has 1 heterocycles. The lowest BCUT2D eigenvalue weighted by molar-refractivity contribution is -0.384. The van der Waals surface area contributed by atoms with Crippen LogP contribution in [0.2, 0.25) is 0 Å². The number of nitro benzene ring substituents is 1. The number of anilines is 1. The molecule has 0 saturated carbocycles. The predicted octanol–water partition coefficient (Wildman–Crippen LogP) is 3.50. The number of nitro groups is 1. The maximum Gasteiger partial charge on any atom is 0.416 e. The number of nitrogens with zero attached hydrogens (tertiary/aromatic N) is 3. The number of benzene rings is 2. The molecule has 28 heavy (non-hydrogen) atoms. The molecule has 1 fully saturated rings. The molecule has 3 rings (SSSR count). The van der Waals surface area contributed by atoms with Gasteiger partial charge in [0.25, 0.3) is 5.69 Å². The van der Waals surface area contributed by atoms with Crippen LogP contribution in [0.4, 0.5) is 24.5 Å². The van der Waals surface area contributed by atoms with Gasteiger partial charge in [-0.05, 0) is 23.8 Å². The fourth-order valence-corrected chi connectivity index (χ4v) is 3.12. The molecule has 0 radical (unpaired) electrons. The Morgan fingerprint density at radius 3 is 2.25 bits per heavy atom. The van der Waals surface area contributed by atoms with Crippen LogP contribution in [0.5, 0.6) is 0 Å². The van der Waals surface area contributed by atoms with Crippen molar-refractivity contribution < 1.29 is 22.9 Å². The Hall–Kier alpha value is -3.10. The van der Waals surface area contributed by atoms with Crippen LogP contribution in [0.3, 0.4) is 0 Å². The van der Waals surface area contributed by atoms with E-state index in [4.69, 9.17) is 0 Å². The van der Waals surface area contributed by atoms with Crippen LogP contribution in [0, 0.1) is 10.1 Å². The second-order valence-electron chi connectivity index (χ2n) is 6.52. The number of halogens is 3. The fourth-order valence-electron chi connectivity index (χ4n) is 3.12. The highest BCUT2D eigenvalue weighted by molar-refractivity contribution is 5.79. The Kier molecular flexibility index (Phi) is 5.53. The minimum atomic E-state index is -4.40. The average Bonchev–Trinajstić information content (AvgIpc) is 2.68. The Morgan fingerprint density at radius 1 is 1.04 bits per heavy atom. The molecule has 0 unspecified atom stereocenters. The maximum absolute atomic E-state index is 12.6. The molecule has 9 heteroatoms. The van der Waals surface area contributed by atoms with Gasteiger partial charge in [-0.1, -0.05) is 18.2 Å². The molecule has 0 N–H and O–H groups in total. The zero-order valence-electron chi connectivity index (χ0n) is 14.9. The van der Waals surface area contributed by atoms with E-state index in [1.807, 2.05) is 4.90 Å². The highest BCUT2D eigenvalue weighted by Gasteiger charge is 2.30. The van der Waals surface area contributed by atoms with Crippen molar-refractivity contribution in [3.8, 4) is 0 Å². The fraction of sp³-hybridized carbons (Fsp3) is 0.316. The molecule has 0 spiro atoms. The van der Waals surface area contributed by atoms with Crippen molar-refractivity contribution in [3.63, 3.8) is 0 Å². The van der Waals surface area contributed by atoms with E-state index in [0.29, 0.717) is 31.7 Å². The van der Waals surface area contributed by atoms with Gasteiger partial charge in [-0.15, -0.1) is 0 Å². The van der Waals surface area contributed by atoms with E-state index >= 15 is 0 Å². The van der Waals surface area contributed by atoms with Crippen LogP contribution in [0.25, 0.3) is 0 Å². The van der Waals surface area contributed by atoms with Crippen molar-refractivity contribution in [2.75, 3.05) is 31.1 Å². The quantitative estimate of drug-likeness (QED) is 0.589. The molecule has 1 aliphatic rings. The van der Waals surface area contributed by atoms with Gasteiger partial charge in [0.2, 0.25) is 5.91 Å². The molecule has 6 nitrogen and oxygen atoms in total. The lowest BCUT2D eigenvalue weighted by Crippen LogP contribution is -2.49. The monoisotopic (exact) mass is 393 g/mol. The van der Waals surface area contributed by atoms with Crippen molar-refractivity contribution in [3.05, 3.63) is 69.8 Å². The van der Waals surface area contributed by atoms with Gasteiger partial charge in [-0.25, -0.2) is 0 Å². The second kappa shape index (κ2) is 7.87. The second-order valence-corrected chi connectivity index (χ2v) is 6.52. The highest BCUT2D eigenvalue weighted by Crippen LogP contribution is 2.29. The van der Waals surface area contributed by atoms with Gasteiger partial charge < -0.3 is 9.80 Å². The zero-order valence-corrected chi connectivity index (χ0v) is 14.9. The third kappa shape index (κ3) is 4.59. The Bertz CT molecular complexity index is 861. The number of amides is 1. The average molecular weight is 393 g/mol. The smallest absolute Gasteiger partial charge is 0.368 e. The van der Waals surface area contributed by atoms with E-state index in [0.717, 1.165) is 17.8 Å². The van der Waals surface area contributed by atoms with Crippen LogP contribution < -0.4 is 4.90 Å². The summed E-state index contributed by atoms with van der Waals surface area (Å²) in [6.07, 6.45) is -4.36. The third-order valence-electron chi connectivity index (χ3n) is 4.67. The molecule has 148 valence electrons. The van der Waals surface area contributed by atoms with Gasteiger partial charge >= 0.3 is 6.18 Å². The summed E-state index contributed by atoms with van der Waals surface area (Å²) >= 11 is 0. The molecule has 2 aromatic rings. The molecule has 0 aliphatic carbocycles. The van der Waals surface area contributed by atoms with Gasteiger partial charge in [-0.3, -0.25) is 14.9 Å². The van der Waals surface area contributed by atoms with Crippen molar-refractivity contribution in [2.45, 2.75) is 12.6 Å². The summed E-state index contributed by atoms with van der Waals surface area (Å²) in [5.41, 5.74) is 0.524. The first kappa shape index (κ1) is 19.7. The summed E-state index contributed by atoms with van der Waals surface area (Å²) in [6, 6.07) is 10.9. The van der Waals surface area contributed by atoms with Crippen molar-refractivity contribution in [2.24, 2.45) is 0 Å². The zero-order chi connectivity index (χ0) is 20.3. The number of alkyl halides is 3. The van der Waals surface area contributed by atoms with E-state index in [9.17, 15) is 28.1 Å². The number of carbonyl (C=O) groups excluding carboxylic acids is 1. The van der Waals surface area contributed by atoms with E-state index in [-0.39, 0.29) is 18.0 Å². The first-order valence-electron chi connectivity index (χ1n) is 8.67. The molecule has 1 saturated heterocycles. The van der Waals surface area contributed by atoms with Crippen LogP contribution in [-0.4, -0.2) is 41.9 Å². The summed E-state index contributed by atoms with van der Waals surface area (Å²) < 4.78 is 37.8. The van der Waals surface area contributed by atoms with Gasteiger partial charge in [-0.2, -0.15) is 13.2 Å². The predicted molar refractivity (Wildman–Crippen MR) is 97.0 cm³/mol. The maximum atomic E-state index is 12.6. The van der Waals surface area contributed by atoms with E-state index < -0.39 is 16.7 Å². The Labute approximate surface area is 159 Å². The number of piperazine rings is 1. The molecule has 2 aromatic carbocycles. The van der Waals surface area contributed by atoms with Crippen LogP contribution in [0.1, 0.15) is 11.1 Å². The largest absolute Gasteiger partial charge is 0.416 e. The van der Waals surface area contributed by atoms with Crippen LogP contribution in [-0.2, 0) is 17.4 Å². The lowest BCUT2D eigenvalue weighted by Gasteiger charge is -2.36. The van der Waals surface area contributed by atoms with Crippen LogP contribution in [0.15, 0.2) is 48.5 Å². The Morgan fingerprint density at radius 2 is 1.68 bits per heavy atom. The van der Waals surface area contributed by atoms with Crippen LogP contribution >= 0.6 is 0 Å². The van der Waals surface area contributed by atoms with E-state index in [2.05, 4.69) is 0 Å². The molecule has 0 bridgehead atoms.